The molecule has 1 heterocycles. The molecule has 8 heavy (non-hydrogen) atoms. The highest BCUT2D eigenvalue weighted by molar-refractivity contribution is 6.63. The summed E-state index contributed by atoms with van der Waals surface area (Å²) in [7, 11) is -1.11. The van der Waals surface area contributed by atoms with E-state index in [0.29, 0.717) is 0 Å². The fourth-order valence-corrected chi connectivity index (χ4v) is 1.51. The van der Waals surface area contributed by atoms with E-state index in [1.54, 1.807) is 6.26 Å². The van der Waals surface area contributed by atoms with Gasteiger partial charge in [-0.15, -0.1) is 6.58 Å². The van der Waals surface area contributed by atoms with Gasteiger partial charge in [0, 0.05) is 0 Å². The van der Waals surface area contributed by atoms with Crippen LogP contribution in [0.1, 0.15) is 0 Å². The van der Waals surface area contributed by atoms with Crippen molar-refractivity contribution in [3.8, 4) is 0 Å². The first-order valence-corrected chi connectivity index (χ1v) is 4.35. The second-order valence-electron chi connectivity index (χ2n) is 1.55. The average molecular weight is 124 g/mol. The van der Waals surface area contributed by atoms with Crippen LogP contribution in [0, 0.1) is 0 Å². The van der Waals surface area contributed by atoms with Crippen molar-refractivity contribution in [1.29, 1.82) is 0 Å². The Morgan fingerprint density at radius 3 is 2.75 bits per heavy atom. The molecule has 2 heteroatoms. The van der Waals surface area contributed by atoms with E-state index in [9.17, 15) is 0 Å². The zero-order valence-corrected chi connectivity index (χ0v) is 5.73. The molecule has 0 aromatic carbocycles. The van der Waals surface area contributed by atoms with E-state index in [1.807, 2.05) is 17.9 Å². The van der Waals surface area contributed by atoms with Gasteiger partial charge in [-0.1, -0.05) is 17.5 Å². The Balaban J connectivity index is 2.51. The van der Waals surface area contributed by atoms with Gasteiger partial charge in [0.25, 0.3) is 9.04 Å². The third kappa shape index (κ3) is 1.10. The van der Waals surface area contributed by atoms with Gasteiger partial charge in [-0.25, -0.2) is 0 Å². The minimum atomic E-state index is -1.11. The minimum absolute atomic E-state index is 1.11. The summed E-state index contributed by atoms with van der Waals surface area (Å²) in [5.41, 5.74) is 3.97. The topological polar surface area (TPSA) is 9.23 Å². The van der Waals surface area contributed by atoms with Gasteiger partial charge in [-0.2, -0.15) is 0 Å². The molecule has 1 atom stereocenters. The first kappa shape index (κ1) is 5.38. The van der Waals surface area contributed by atoms with Crippen LogP contribution in [0.4, 0.5) is 0 Å². The predicted molar refractivity (Wildman–Crippen MR) is 36.7 cm³/mol. The van der Waals surface area contributed by atoms with E-state index in [0.717, 1.165) is 0 Å². The number of hydrogen-bond acceptors (Lipinski definition) is 1. The van der Waals surface area contributed by atoms with Crippen molar-refractivity contribution < 1.29 is 4.43 Å². The second kappa shape index (κ2) is 2.52. The maximum Gasteiger partial charge on any atom is 0.283 e. The van der Waals surface area contributed by atoms with E-state index in [-0.39, 0.29) is 0 Å². The molecule has 1 rings (SSSR count). The summed E-state index contributed by atoms with van der Waals surface area (Å²) < 4.78 is 5.18. The largest absolute Gasteiger partial charge is 0.544 e. The van der Waals surface area contributed by atoms with E-state index in [2.05, 4.69) is 12.3 Å². The standard InChI is InChI=1S/C6H8OSi/c1-2-8-6-4-3-5-7-8/h2-6,8H,1H2. The Hall–Kier alpha value is -0.763. The van der Waals surface area contributed by atoms with Crippen LogP contribution in [0.15, 0.2) is 36.4 Å². The molecular formula is C6H8OSi. The molecule has 0 N–H and O–H groups in total. The molecule has 42 valence electrons. The lowest BCUT2D eigenvalue weighted by atomic mass is 10.6. The first-order chi connectivity index (χ1) is 3.93. The smallest absolute Gasteiger partial charge is 0.283 e. The van der Waals surface area contributed by atoms with Crippen LogP contribution in [-0.4, -0.2) is 9.04 Å². The first-order valence-electron chi connectivity index (χ1n) is 2.55. The van der Waals surface area contributed by atoms with Crippen molar-refractivity contribution in [2.24, 2.45) is 0 Å². The third-order valence-corrected chi connectivity index (χ3v) is 2.50. The number of hydrogen-bond donors (Lipinski definition) is 0. The Bertz CT molecular complexity index is 137. The van der Waals surface area contributed by atoms with Gasteiger partial charge < -0.3 is 4.43 Å². The van der Waals surface area contributed by atoms with Crippen molar-refractivity contribution in [2.75, 3.05) is 0 Å². The van der Waals surface area contributed by atoms with E-state index in [4.69, 9.17) is 4.43 Å². The third-order valence-electron chi connectivity index (χ3n) is 0.958. The van der Waals surface area contributed by atoms with Crippen molar-refractivity contribution in [3.63, 3.8) is 0 Å². The molecule has 1 aliphatic rings. The molecule has 0 radical (unpaired) electrons. The van der Waals surface area contributed by atoms with Crippen molar-refractivity contribution in [3.05, 3.63) is 36.4 Å². The Labute approximate surface area is 50.7 Å². The molecule has 0 saturated heterocycles. The summed E-state index contributed by atoms with van der Waals surface area (Å²) in [5.74, 6) is 0. The summed E-state index contributed by atoms with van der Waals surface area (Å²) in [4.78, 5) is 0. The molecule has 0 saturated carbocycles. The lowest BCUT2D eigenvalue weighted by Crippen LogP contribution is -2.09. The molecule has 0 spiro atoms. The maximum atomic E-state index is 5.18. The minimum Gasteiger partial charge on any atom is -0.544 e. The normalized spacial score (nSPS) is 24.8. The van der Waals surface area contributed by atoms with Crippen molar-refractivity contribution in [1.82, 2.24) is 0 Å². The molecule has 0 amide bonds. The highest BCUT2D eigenvalue weighted by atomic mass is 28.3. The van der Waals surface area contributed by atoms with Gasteiger partial charge in [0.1, 0.15) is 0 Å². The van der Waals surface area contributed by atoms with Gasteiger partial charge >= 0.3 is 0 Å². The monoisotopic (exact) mass is 124 g/mol. The van der Waals surface area contributed by atoms with E-state index >= 15 is 0 Å². The van der Waals surface area contributed by atoms with Gasteiger partial charge in [0.2, 0.25) is 0 Å². The molecular weight excluding hydrogens is 116 g/mol. The highest BCUT2D eigenvalue weighted by Gasteiger charge is 2.00. The van der Waals surface area contributed by atoms with Crippen molar-refractivity contribution in [2.45, 2.75) is 0 Å². The Kier molecular flexibility index (Phi) is 1.69. The molecule has 1 aliphatic heterocycles. The van der Waals surface area contributed by atoms with Crippen LogP contribution < -0.4 is 0 Å². The van der Waals surface area contributed by atoms with Crippen LogP contribution >= 0.6 is 0 Å². The van der Waals surface area contributed by atoms with Gasteiger partial charge in [0.05, 0.1) is 6.26 Å². The van der Waals surface area contributed by atoms with Crippen LogP contribution in [0.2, 0.25) is 0 Å². The molecule has 0 fully saturated rings. The van der Waals surface area contributed by atoms with E-state index in [1.165, 1.54) is 0 Å². The second-order valence-corrected chi connectivity index (χ2v) is 3.61. The van der Waals surface area contributed by atoms with Gasteiger partial charge in [-0.3, -0.25) is 0 Å². The quantitative estimate of drug-likeness (QED) is 0.475. The number of allylic oxidation sites excluding steroid dienone is 2. The fraction of sp³-hybridized carbons (Fsp3) is 0. The summed E-state index contributed by atoms with van der Waals surface area (Å²) in [6.07, 6.45) is 5.60. The molecule has 0 bridgehead atoms. The Morgan fingerprint density at radius 2 is 2.38 bits per heavy atom. The van der Waals surface area contributed by atoms with Crippen LogP contribution in [0.25, 0.3) is 0 Å². The Morgan fingerprint density at radius 1 is 1.50 bits per heavy atom. The molecule has 0 aliphatic carbocycles. The summed E-state index contributed by atoms with van der Waals surface area (Å²) in [6, 6.07) is 0. The lowest BCUT2D eigenvalue weighted by molar-refractivity contribution is 0.507. The highest BCUT2D eigenvalue weighted by Crippen LogP contribution is 1.96. The average Bonchev–Trinajstić information content (AvgIpc) is 1.90. The summed E-state index contributed by atoms with van der Waals surface area (Å²) >= 11 is 0. The maximum absolute atomic E-state index is 5.18. The SMILES string of the molecule is C=C[SiH]1C=CC=CO1. The zero-order chi connectivity index (χ0) is 5.82. The van der Waals surface area contributed by atoms with Crippen molar-refractivity contribution >= 4 is 9.04 Å². The van der Waals surface area contributed by atoms with Crippen LogP contribution in [0.3, 0.4) is 0 Å². The molecule has 1 nitrogen and oxygen atoms in total. The molecule has 1 unspecified atom stereocenters. The molecule has 0 aromatic heterocycles. The van der Waals surface area contributed by atoms with Crippen LogP contribution in [-0.2, 0) is 4.43 Å². The van der Waals surface area contributed by atoms with Gasteiger partial charge in [0.15, 0.2) is 0 Å². The fourth-order valence-electron chi connectivity index (χ4n) is 0.535. The summed E-state index contributed by atoms with van der Waals surface area (Å²) in [5, 5.41) is 0. The predicted octanol–water partition coefficient (Wildman–Crippen LogP) is 1.07. The van der Waals surface area contributed by atoms with Crippen LogP contribution in [0.5, 0.6) is 0 Å². The number of rotatable bonds is 1. The lowest BCUT2D eigenvalue weighted by Gasteiger charge is -2.06. The van der Waals surface area contributed by atoms with Gasteiger partial charge in [-0.05, 0) is 6.08 Å². The summed E-state index contributed by atoms with van der Waals surface area (Å²) in [6.45, 7) is 3.64. The zero-order valence-electron chi connectivity index (χ0n) is 4.58. The molecule has 0 aromatic rings. The van der Waals surface area contributed by atoms with E-state index < -0.39 is 9.04 Å².